The molecule has 1 N–H and O–H groups in total. The van der Waals surface area contributed by atoms with Gasteiger partial charge in [0, 0.05) is 6.07 Å². The molecule has 1 amide bonds. The Morgan fingerprint density at radius 3 is 2.59 bits per heavy atom. The van der Waals surface area contributed by atoms with Crippen molar-refractivity contribution >= 4 is 5.91 Å². The Morgan fingerprint density at radius 1 is 1.23 bits per heavy atom. The van der Waals surface area contributed by atoms with E-state index in [4.69, 9.17) is 14.0 Å². The molecule has 0 fully saturated rings. The van der Waals surface area contributed by atoms with E-state index in [1.165, 1.54) is 12.3 Å². The van der Waals surface area contributed by atoms with Crippen molar-refractivity contribution in [2.45, 2.75) is 26.8 Å². The Morgan fingerprint density at radius 2 is 1.95 bits per heavy atom. The lowest BCUT2D eigenvalue weighted by atomic mass is 10.1. The van der Waals surface area contributed by atoms with Gasteiger partial charge in [-0.1, -0.05) is 11.2 Å². The molecule has 0 aliphatic carbocycles. The molecule has 6 nitrogen and oxygen atoms in total. The van der Waals surface area contributed by atoms with Crippen molar-refractivity contribution in [3.8, 4) is 11.5 Å². The fourth-order valence-electron chi connectivity index (χ4n) is 2.02. The lowest BCUT2D eigenvalue weighted by Crippen LogP contribution is -2.26. The van der Waals surface area contributed by atoms with Gasteiger partial charge < -0.3 is 19.3 Å². The zero-order chi connectivity index (χ0) is 15.9. The quantitative estimate of drug-likeness (QED) is 0.851. The molecular weight excluding hydrogens is 284 g/mol. The predicted octanol–water partition coefficient (Wildman–Crippen LogP) is 2.96. The minimum atomic E-state index is -0.308. The van der Waals surface area contributed by atoms with Crippen molar-refractivity contribution in [3.63, 3.8) is 0 Å². The molecule has 0 aliphatic heterocycles. The van der Waals surface area contributed by atoms with Gasteiger partial charge in [0.25, 0.3) is 5.91 Å². The highest BCUT2D eigenvalue weighted by Crippen LogP contribution is 2.30. The van der Waals surface area contributed by atoms with Crippen LogP contribution in [0.4, 0.5) is 0 Å². The van der Waals surface area contributed by atoms with Crippen LogP contribution in [0.3, 0.4) is 0 Å². The van der Waals surface area contributed by atoms with Crippen molar-refractivity contribution in [1.29, 1.82) is 0 Å². The molecule has 0 radical (unpaired) electrons. The molecule has 2 rings (SSSR count). The van der Waals surface area contributed by atoms with E-state index in [-0.39, 0.29) is 17.7 Å². The number of hydrogen-bond donors (Lipinski definition) is 1. The number of nitrogens with one attached hydrogen (secondary N) is 1. The van der Waals surface area contributed by atoms with Gasteiger partial charge in [0.15, 0.2) is 11.5 Å². The van der Waals surface area contributed by atoms with E-state index in [0.717, 1.165) is 5.56 Å². The molecule has 118 valence electrons. The summed E-state index contributed by atoms with van der Waals surface area (Å²) < 4.78 is 16.0. The van der Waals surface area contributed by atoms with Gasteiger partial charge in [0.1, 0.15) is 0 Å². The Hall–Kier alpha value is -2.50. The molecule has 1 heterocycles. The minimum Gasteiger partial charge on any atom is -0.490 e. The van der Waals surface area contributed by atoms with Crippen LogP contribution >= 0.6 is 0 Å². The van der Waals surface area contributed by atoms with Crippen LogP contribution in [0.1, 0.15) is 42.9 Å². The number of benzene rings is 1. The van der Waals surface area contributed by atoms with E-state index in [1.54, 1.807) is 0 Å². The summed E-state index contributed by atoms with van der Waals surface area (Å²) in [4.78, 5) is 12.0. The number of nitrogens with zero attached hydrogens (tertiary/aromatic N) is 1. The Labute approximate surface area is 129 Å². The average Bonchev–Trinajstić information content (AvgIpc) is 3.04. The SMILES string of the molecule is CCOc1ccc(C(C)NC(=O)c2ccno2)cc1OCC. The summed E-state index contributed by atoms with van der Waals surface area (Å²) in [6.07, 6.45) is 1.43. The van der Waals surface area contributed by atoms with Crippen LogP contribution in [-0.2, 0) is 0 Å². The standard InChI is InChI=1S/C16H20N2O4/c1-4-20-13-7-6-12(10-15(13)21-5-2)11(3)18-16(19)14-8-9-17-22-14/h6-11H,4-5H2,1-3H3,(H,18,19). The van der Waals surface area contributed by atoms with Crippen molar-refractivity contribution < 1.29 is 18.8 Å². The summed E-state index contributed by atoms with van der Waals surface area (Å²) in [5, 5.41) is 6.37. The summed E-state index contributed by atoms with van der Waals surface area (Å²) in [6.45, 7) is 6.83. The molecule has 2 aromatic rings. The Balaban J connectivity index is 2.13. The van der Waals surface area contributed by atoms with Gasteiger partial charge >= 0.3 is 0 Å². The molecule has 0 bridgehead atoms. The third kappa shape index (κ3) is 3.78. The summed E-state index contributed by atoms with van der Waals surface area (Å²) in [7, 11) is 0. The summed E-state index contributed by atoms with van der Waals surface area (Å²) in [6, 6.07) is 6.94. The zero-order valence-electron chi connectivity index (χ0n) is 13.0. The lowest BCUT2D eigenvalue weighted by Gasteiger charge is -2.17. The number of amides is 1. The number of rotatable bonds is 7. The normalized spacial score (nSPS) is 11.8. The highest BCUT2D eigenvalue weighted by atomic mass is 16.5. The van der Waals surface area contributed by atoms with Crippen LogP contribution in [0, 0.1) is 0 Å². The van der Waals surface area contributed by atoms with E-state index < -0.39 is 0 Å². The van der Waals surface area contributed by atoms with Crippen LogP contribution in [0.5, 0.6) is 11.5 Å². The minimum absolute atomic E-state index is 0.183. The van der Waals surface area contributed by atoms with Crippen LogP contribution in [0.2, 0.25) is 0 Å². The van der Waals surface area contributed by atoms with E-state index in [9.17, 15) is 4.79 Å². The molecule has 0 spiro atoms. The smallest absolute Gasteiger partial charge is 0.290 e. The third-order valence-corrected chi connectivity index (χ3v) is 3.08. The van der Waals surface area contributed by atoms with Crippen molar-refractivity contribution in [2.24, 2.45) is 0 Å². The number of ether oxygens (including phenoxy) is 2. The molecular formula is C16H20N2O4. The first-order valence-corrected chi connectivity index (χ1v) is 7.26. The second kappa shape index (κ2) is 7.49. The molecule has 1 unspecified atom stereocenters. The van der Waals surface area contributed by atoms with Gasteiger partial charge in [0.2, 0.25) is 5.76 Å². The molecule has 0 saturated heterocycles. The van der Waals surface area contributed by atoms with E-state index in [1.807, 2.05) is 39.0 Å². The fraction of sp³-hybridized carbons (Fsp3) is 0.375. The highest BCUT2D eigenvalue weighted by Gasteiger charge is 2.16. The van der Waals surface area contributed by atoms with Crippen molar-refractivity contribution in [3.05, 3.63) is 41.8 Å². The number of aromatic nitrogens is 1. The van der Waals surface area contributed by atoms with Gasteiger partial charge in [-0.05, 0) is 38.5 Å². The summed E-state index contributed by atoms with van der Waals surface area (Å²) in [5.41, 5.74) is 0.916. The van der Waals surface area contributed by atoms with Crippen LogP contribution < -0.4 is 14.8 Å². The van der Waals surface area contributed by atoms with Crippen LogP contribution in [0.25, 0.3) is 0 Å². The fourth-order valence-corrected chi connectivity index (χ4v) is 2.02. The van der Waals surface area contributed by atoms with Gasteiger partial charge in [-0.25, -0.2) is 0 Å². The summed E-state index contributed by atoms with van der Waals surface area (Å²) >= 11 is 0. The van der Waals surface area contributed by atoms with Gasteiger partial charge in [-0.2, -0.15) is 0 Å². The van der Waals surface area contributed by atoms with Gasteiger partial charge in [0.05, 0.1) is 25.5 Å². The molecule has 1 aromatic heterocycles. The number of hydrogen-bond acceptors (Lipinski definition) is 5. The van der Waals surface area contributed by atoms with E-state index >= 15 is 0 Å². The lowest BCUT2D eigenvalue weighted by molar-refractivity contribution is 0.0902. The molecule has 1 aromatic carbocycles. The monoisotopic (exact) mass is 304 g/mol. The molecule has 22 heavy (non-hydrogen) atoms. The second-order valence-corrected chi connectivity index (χ2v) is 4.64. The first-order valence-electron chi connectivity index (χ1n) is 7.26. The predicted molar refractivity (Wildman–Crippen MR) is 81.2 cm³/mol. The van der Waals surface area contributed by atoms with Gasteiger partial charge in [-0.15, -0.1) is 0 Å². The van der Waals surface area contributed by atoms with Crippen LogP contribution in [-0.4, -0.2) is 24.3 Å². The Kier molecular flexibility index (Phi) is 5.41. The zero-order valence-corrected chi connectivity index (χ0v) is 13.0. The Bertz CT molecular complexity index is 611. The maximum Gasteiger partial charge on any atom is 0.290 e. The van der Waals surface area contributed by atoms with Crippen molar-refractivity contribution in [2.75, 3.05) is 13.2 Å². The topological polar surface area (TPSA) is 73.6 Å². The number of carbonyl (C=O) groups is 1. The van der Waals surface area contributed by atoms with Gasteiger partial charge in [-0.3, -0.25) is 4.79 Å². The van der Waals surface area contributed by atoms with E-state index in [2.05, 4.69) is 10.5 Å². The maximum absolute atomic E-state index is 12.0. The average molecular weight is 304 g/mol. The maximum atomic E-state index is 12.0. The second-order valence-electron chi connectivity index (χ2n) is 4.64. The molecule has 1 atom stereocenters. The molecule has 6 heteroatoms. The van der Waals surface area contributed by atoms with E-state index in [0.29, 0.717) is 24.7 Å². The highest BCUT2D eigenvalue weighted by molar-refractivity contribution is 5.91. The first kappa shape index (κ1) is 15.9. The third-order valence-electron chi connectivity index (χ3n) is 3.08. The first-order chi connectivity index (χ1) is 10.7. The largest absolute Gasteiger partial charge is 0.490 e. The molecule has 0 aliphatic rings. The van der Waals surface area contributed by atoms with Crippen molar-refractivity contribution in [1.82, 2.24) is 10.5 Å². The summed E-state index contributed by atoms with van der Waals surface area (Å²) in [5.74, 6) is 1.24. The number of carbonyl (C=O) groups excluding carboxylic acids is 1. The molecule has 0 saturated carbocycles. The van der Waals surface area contributed by atoms with Crippen LogP contribution in [0.15, 0.2) is 35.0 Å².